The van der Waals surface area contributed by atoms with Crippen LogP contribution in [-0.4, -0.2) is 40.2 Å². The zero-order valence-electron chi connectivity index (χ0n) is 17.1. The van der Waals surface area contributed by atoms with Crippen LogP contribution in [0.4, 0.5) is 9.59 Å². The second-order valence-corrected chi connectivity index (χ2v) is 8.70. The van der Waals surface area contributed by atoms with Gasteiger partial charge in [0.1, 0.15) is 17.0 Å². The largest absolute Gasteiger partial charge is 0.534 e. The Hall–Kier alpha value is -2.12. The Morgan fingerprint density at radius 3 is 1.85 bits per heavy atom. The van der Waals surface area contributed by atoms with Crippen LogP contribution in [0.15, 0.2) is 0 Å². The third kappa shape index (κ3) is 8.88. The van der Waals surface area contributed by atoms with Crippen molar-refractivity contribution in [2.24, 2.45) is 5.92 Å². The summed E-state index contributed by atoms with van der Waals surface area (Å²) in [4.78, 5) is 53.8. The van der Waals surface area contributed by atoms with E-state index in [-0.39, 0.29) is 16.8 Å². The lowest BCUT2D eigenvalue weighted by molar-refractivity contribution is -0.172. The maximum absolute atomic E-state index is 12.5. The minimum atomic E-state index is -1.23. The van der Waals surface area contributed by atoms with Gasteiger partial charge in [0.2, 0.25) is 0 Å². The number of carbonyl (C=O) groups is 4. The molecule has 27 heavy (non-hydrogen) atoms. The average molecular weight is 385 g/mol. The number of carbonyl (C=O) groups excluding carboxylic acids is 4. The van der Waals surface area contributed by atoms with E-state index in [2.05, 4.69) is 0 Å². The van der Waals surface area contributed by atoms with Crippen LogP contribution in [0.3, 0.4) is 0 Å². The van der Waals surface area contributed by atoms with Crippen LogP contribution in [0.1, 0.15) is 80.1 Å². The monoisotopic (exact) mass is 385 g/mol. The van der Waals surface area contributed by atoms with Crippen molar-refractivity contribution in [2.45, 2.75) is 91.3 Å². The molecule has 0 atom stereocenters. The molecular weight excluding hydrogens is 354 g/mol. The van der Waals surface area contributed by atoms with E-state index >= 15 is 0 Å². The predicted molar refractivity (Wildman–Crippen MR) is 96.6 cm³/mol. The Balaban J connectivity index is 2.84. The van der Waals surface area contributed by atoms with E-state index in [0.29, 0.717) is 0 Å². The summed E-state index contributed by atoms with van der Waals surface area (Å²) in [6.07, 6.45) is 1.47. The van der Waals surface area contributed by atoms with Gasteiger partial charge in [0.05, 0.1) is 6.42 Å². The van der Waals surface area contributed by atoms with Gasteiger partial charge < -0.3 is 9.47 Å². The van der Waals surface area contributed by atoms with Gasteiger partial charge >= 0.3 is 12.2 Å². The highest BCUT2D eigenvalue weighted by Gasteiger charge is 2.35. The summed E-state index contributed by atoms with van der Waals surface area (Å²) in [5.74, 6) is -1.42. The number of hydrogen-bond donors (Lipinski definition) is 0. The van der Waals surface area contributed by atoms with Gasteiger partial charge in [-0.1, -0.05) is 24.3 Å². The molecule has 154 valence electrons. The number of ether oxygens (including phenoxy) is 2. The van der Waals surface area contributed by atoms with Crippen LogP contribution in [0.2, 0.25) is 0 Å². The van der Waals surface area contributed by atoms with Crippen molar-refractivity contribution in [1.29, 1.82) is 0 Å². The molecule has 0 N–H and O–H groups in total. The molecule has 1 rings (SSSR count). The molecule has 8 nitrogen and oxygen atoms in total. The molecule has 0 radical (unpaired) electrons. The number of rotatable bonds is 3. The minimum Gasteiger partial charge on any atom is -0.441 e. The van der Waals surface area contributed by atoms with Gasteiger partial charge in [-0.15, -0.1) is 0 Å². The molecule has 0 aromatic carbocycles. The Labute approximate surface area is 160 Å². The van der Waals surface area contributed by atoms with Crippen molar-refractivity contribution < 1.29 is 33.5 Å². The fourth-order valence-corrected chi connectivity index (χ4v) is 2.63. The third-order valence-corrected chi connectivity index (χ3v) is 3.73. The van der Waals surface area contributed by atoms with Gasteiger partial charge in [-0.3, -0.25) is 14.4 Å². The van der Waals surface area contributed by atoms with Crippen LogP contribution in [0, 0.1) is 5.92 Å². The Morgan fingerprint density at radius 2 is 1.37 bits per heavy atom. The smallest absolute Gasteiger partial charge is 0.441 e. The first-order chi connectivity index (χ1) is 12.3. The highest BCUT2D eigenvalue weighted by molar-refractivity contribution is 6.03. The number of Topliss-reactive ketones (excluding diaryl/α,β-unsaturated/α-hetero) is 1. The number of nitrogens with zero attached hydrogens (tertiary/aromatic N) is 1. The van der Waals surface area contributed by atoms with Crippen molar-refractivity contribution >= 4 is 23.9 Å². The van der Waals surface area contributed by atoms with Crippen molar-refractivity contribution in [3.8, 4) is 0 Å². The van der Waals surface area contributed by atoms with Crippen molar-refractivity contribution in [3.05, 3.63) is 0 Å². The summed E-state index contributed by atoms with van der Waals surface area (Å²) in [5, 5.41) is 0.181. The molecule has 0 aliphatic heterocycles. The molecule has 0 unspecified atom stereocenters. The van der Waals surface area contributed by atoms with Crippen LogP contribution >= 0.6 is 0 Å². The molecule has 0 spiro atoms. The lowest BCUT2D eigenvalue weighted by Crippen LogP contribution is -2.44. The SMILES string of the molecule is CC(C)(C)OC(=O)ON(C(=O)CC(=O)C1CCCCC1)C(=O)OC(C)(C)C. The molecule has 2 amide bonds. The lowest BCUT2D eigenvalue weighted by atomic mass is 9.85. The highest BCUT2D eigenvalue weighted by atomic mass is 16.8. The first-order valence-corrected chi connectivity index (χ1v) is 9.28. The highest BCUT2D eigenvalue weighted by Crippen LogP contribution is 2.25. The molecular formula is C19H31NO7. The number of ketones is 1. The van der Waals surface area contributed by atoms with Gasteiger partial charge in [0.25, 0.3) is 5.91 Å². The van der Waals surface area contributed by atoms with E-state index in [1.54, 1.807) is 41.5 Å². The number of hydroxylamine groups is 2. The standard InChI is InChI=1S/C19H31NO7/c1-18(2,3)25-16(23)20(27-17(24)26-19(4,5)6)15(22)12-14(21)13-10-8-7-9-11-13/h13H,7-12H2,1-6H3. The Bertz CT molecular complexity index is 566. The van der Waals surface area contributed by atoms with E-state index in [0.717, 1.165) is 32.1 Å². The van der Waals surface area contributed by atoms with Gasteiger partial charge in [0.15, 0.2) is 0 Å². The topological polar surface area (TPSA) is 99.2 Å². The van der Waals surface area contributed by atoms with Crippen molar-refractivity contribution in [1.82, 2.24) is 5.06 Å². The van der Waals surface area contributed by atoms with Gasteiger partial charge in [-0.25, -0.2) is 9.59 Å². The summed E-state index contributed by atoms with van der Waals surface area (Å²) < 4.78 is 10.1. The zero-order valence-corrected chi connectivity index (χ0v) is 17.1. The van der Waals surface area contributed by atoms with Gasteiger partial charge in [-0.05, 0) is 54.4 Å². The van der Waals surface area contributed by atoms with E-state index in [1.807, 2.05) is 0 Å². The summed E-state index contributed by atoms with van der Waals surface area (Å²) in [7, 11) is 0. The van der Waals surface area contributed by atoms with E-state index in [9.17, 15) is 19.2 Å². The fraction of sp³-hybridized carbons (Fsp3) is 0.789. The summed E-state index contributed by atoms with van der Waals surface area (Å²) in [5.41, 5.74) is -1.79. The predicted octanol–water partition coefficient (Wildman–Crippen LogP) is 4.16. The lowest BCUT2D eigenvalue weighted by Gasteiger charge is -2.26. The summed E-state index contributed by atoms with van der Waals surface area (Å²) in [6, 6.07) is 0. The normalized spacial score (nSPS) is 15.6. The van der Waals surface area contributed by atoms with Crippen LogP contribution in [-0.2, 0) is 23.9 Å². The summed E-state index contributed by atoms with van der Waals surface area (Å²) >= 11 is 0. The number of amides is 2. The molecule has 0 saturated heterocycles. The molecule has 0 aromatic heterocycles. The fourth-order valence-electron chi connectivity index (χ4n) is 2.63. The maximum atomic E-state index is 12.5. The molecule has 8 heteroatoms. The molecule has 1 aliphatic carbocycles. The second kappa shape index (κ2) is 9.19. The first kappa shape index (κ1) is 22.9. The Kier molecular flexibility index (Phi) is 7.80. The average Bonchev–Trinajstić information content (AvgIpc) is 2.49. The first-order valence-electron chi connectivity index (χ1n) is 9.28. The van der Waals surface area contributed by atoms with E-state index < -0.39 is 35.8 Å². The summed E-state index contributed by atoms with van der Waals surface area (Å²) in [6.45, 7) is 9.65. The van der Waals surface area contributed by atoms with Crippen LogP contribution < -0.4 is 0 Å². The molecule has 1 fully saturated rings. The van der Waals surface area contributed by atoms with E-state index in [1.165, 1.54) is 0 Å². The maximum Gasteiger partial charge on any atom is 0.534 e. The molecule has 0 aromatic rings. The van der Waals surface area contributed by atoms with Gasteiger partial charge in [0, 0.05) is 5.92 Å². The minimum absolute atomic E-state index is 0.181. The van der Waals surface area contributed by atoms with Crippen LogP contribution in [0.25, 0.3) is 0 Å². The van der Waals surface area contributed by atoms with Crippen LogP contribution in [0.5, 0.6) is 0 Å². The van der Waals surface area contributed by atoms with Gasteiger partial charge in [-0.2, -0.15) is 0 Å². The molecule has 0 bridgehead atoms. The number of hydrogen-bond acceptors (Lipinski definition) is 7. The van der Waals surface area contributed by atoms with Crippen molar-refractivity contribution in [2.75, 3.05) is 0 Å². The third-order valence-electron chi connectivity index (χ3n) is 3.73. The second-order valence-electron chi connectivity index (χ2n) is 8.70. The molecule has 1 aliphatic rings. The molecule has 1 saturated carbocycles. The number of imide groups is 1. The molecule has 0 heterocycles. The quantitative estimate of drug-likeness (QED) is 0.408. The van der Waals surface area contributed by atoms with E-state index in [4.69, 9.17) is 14.3 Å². The van der Waals surface area contributed by atoms with Crippen molar-refractivity contribution in [3.63, 3.8) is 0 Å². The Morgan fingerprint density at radius 1 is 0.852 bits per heavy atom. The zero-order chi connectivity index (χ0) is 20.8.